The molecule has 0 saturated carbocycles. The standard InChI is InChI=1S/C16H11ClO4/c1-20-9-6-7-13-11(8-9)14(15(21-13)16(18)19)10-4-2-3-5-12(10)17/h2-8H,1H3,(H,18,19). The van der Waals surface area contributed by atoms with Crippen molar-refractivity contribution in [3.05, 3.63) is 53.2 Å². The van der Waals surface area contributed by atoms with E-state index in [0.29, 0.717) is 32.9 Å². The highest BCUT2D eigenvalue weighted by atomic mass is 35.5. The largest absolute Gasteiger partial charge is 0.497 e. The number of carbonyl (C=O) groups is 1. The lowest BCUT2D eigenvalue weighted by atomic mass is 10.0. The van der Waals surface area contributed by atoms with Crippen LogP contribution in [-0.4, -0.2) is 18.2 Å². The molecule has 2 aromatic carbocycles. The molecule has 0 spiro atoms. The summed E-state index contributed by atoms with van der Waals surface area (Å²) >= 11 is 6.20. The van der Waals surface area contributed by atoms with Gasteiger partial charge in [-0.15, -0.1) is 0 Å². The quantitative estimate of drug-likeness (QED) is 0.776. The van der Waals surface area contributed by atoms with Gasteiger partial charge in [-0.05, 0) is 24.3 Å². The van der Waals surface area contributed by atoms with Gasteiger partial charge in [-0.25, -0.2) is 4.79 Å². The number of hydrogen-bond donors (Lipinski definition) is 1. The first-order valence-electron chi connectivity index (χ1n) is 6.20. The molecule has 3 aromatic rings. The summed E-state index contributed by atoms with van der Waals surface area (Å²) in [6, 6.07) is 12.2. The SMILES string of the molecule is COc1ccc2oc(C(=O)O)c(-c3ccccc3Cl)c2c1. The van der Waals surface area contributed by atoms with Crippen LogP contribution >= 0.6 is 11.6 Å². The lowest BCUT2D eigenvalue weighted by Gasteiger charge is -2.04. The Labute approximate surface area is 125 Å². The topological polar surface area (TPSA) is 59.7 Å². The second-order valence-corrected chi connectivity index (χ2v) is 4.86. The minimum Gasteiger partial charge on any atom is -0.497 e. The molecule has 0 amide bonds. The molecule has 21 heavy (non-hydrogen) atoms. The van der Waals surface area contributed by atoms with Gasteiger partial charge in [0, 0.05) is 21.5 Å². The van der Waals surface area contributed by atoms with Gasteiger partial charge < -0.3 is 14.3 Å². The first-order valence-corrected chi connectivity index (χ1v) is 6.58. The van der Waals surface area contributed by atoms with Crippen LogP contribution in [-0.2, 0) is 0 Å². The zero-order valence-electron chi connectivity index (χ0n) is 11.1. The molecule has 0 atom stereocenters. The normalized spacial score (nSPS) is 10.8. The van der Waals surface area contributed by atoms with E-state index in [4.69, 9.17) is 20.8 Å². The van der Waals surface area contributed by atoms with Crippen LogP contribution in [0.15, 0.2) is 46.9 Å². The maximum atomic E-state index is 11.5. The van der Waals surface area contributed by atoms with Gasteiger partial charge in [0.25, 0.3) is 0 Å². The summed E-state index contributed by atoms with van der Waals surface area (Å²) in [7, 11) is 1.55. The molecule has 1 N–H and O–H groups in total. The molecule has 1 heterocycles. The van der Waals surface area contributed by atoms with Crippen LogP contribution in [0.1, 0.15) is 10.6 Å². The summed E-state index contributed by atoms with van der Waals surface area (Å²) in [5.74, 6) is -0.653. The Hall–Kier alpha value is -2.46. The lowest BCUT2D eigenvalue weighted by Crippen LogP contribution is -1.96. The summed E-state index contributed by atoms with van der Waals surface area (Å²) in [6.45, 7) is 0. The van der Waals surface area contributed by atoms with E-state index in [1.54, 1.807) is 49.6 Å². The fraction of sp³-hybridized carbons (Fsp3) is 0.0625. The number of hydrogen-bond acceptors (Lipinski definition) is 3. The van der Waals surface area contributed by atoms with Gasteiger partial charge in [-0.3, -0.25) is 0 Å². The third-order valence-corrected chi connectivity index (χ3v) is 3.56. The Morgan fingerprint density at radius 2 is 2.00 bits per heavy atom. The van der Waals surface area contributed by atoms with Crippen molar-refractivity contribution in [3.8, 4) is 16.9 Å². The van der Waals surface area contributed by atoms with Crippen molar-refractivity contribution in [1.29, 1.82) is 0 Å². The van der Waals surface area contributed by atoms with Gasteiger partial charge >= 0.3 is 5.97 Å². The van der Waals surface area contributed by atoms with Crippen molar-refractivity contribution in [1.82, 2.24) is 0 Å². The number of ether oxygens (including phenoxy) is 1. The van der Waals surface area contributed by atoms with E-state index in [1.807, 2.05) is 0 Å². The minimum atomic E-state index is -1.14. The molecule has 0 aliphatic heterocycles. The molecule has 4 nitrogen and oxygen atoms in total. The third-order valence-electron chi connectivity index (χ3n) is 3.23. The number of halogens is 1. The Morgan fingerprint density at radius 1 is 1.24 bits per heavy atom. The van der Waals surface area contributed by atoms with Crippen LogP contribution in [0.3, 0.4) is 0 Å². The Kier molecular flexibility index (Phi) is 3.31. The lowest BCUT2D eigenvalue weighted by molar-refractivity contribution is 0.0666. The van der Waals surface area contributed by atoms with Gasteiger partial charge in [0.15, 0.2) is 0 Å². The fourth-order valence-electron chi connectivity index (χ4n) is 2.29. The van der Waals surface area contributed by atoms with Gasteiger partial charge in [0.1, 0.15) is 11.3 Å². The minimum absolute atomic E-state index is 0.133. The zero-order valence-corrected chi connectivity index (χ0v) is 11.8. The predicted octanol–water partition coefficient (Wildman–Crippen LogP) is 4.46. The van der Waals surface area contributed by atoms with Gasteiger partial charge in [0.05, 0.1) is 7.11 Å². The van der Waals surface area contributed by atoms with Crippen molar-refractivity contribution < 1.29 is 19.1 Å². The van der Waals surface area contributed by atoms with Gasteiger partial charge in [-0.1, -0.05) is 29.8 Å². The van der Waals surface area contributed by atoms with E-state index >= 15 is 0 Å². The number of fused-ring (bicyclic) bond motifs is 1. The molecule has 0 radical (unpaired) electrons. The number of rotatable bonds is 3. The van der Waals surface area contributed by atoms with Crippen LogP contribution in [0.4, 0.5) is 0 Å². The predicted molar refractivity (Wildman–Crippen MR) is 80.2 cm³/mol. The second kappa shape index (κ2) is 5.14. The number of methoxy groups -OCH3 is 1. The molecule has 0 bridgehead atoms. The molecule has 5 heteroatoms. The molecule has 0 fully saturated rings. The molecule has 0 aliphatic rings. The van der Waals surface area contributed by atoms with E-state index in [2.05, 4.69) is 0 Å². The van der Waals surface area contributed by atoms with Gasteiger partial charge in [0.2, 0.25) is 5.76 Å². The highest BCUT2D eigenvalue weighted by Crippen LogP contribution is 2.39. The summed E-state index contributed by atoms with van der Waals surface area (Å²) < 4.78 is 10.6. The highest BCUT2D eigenvalue weighted by molar-refractivity contribution is 6.34. The van der Waals surface area contributed by atoms with E-state index in [0.717, 1.165) is 0 Å². The smallest absolute Gasteiger partial charge is 0.372 e. The number of carboxylic acids is 1. The maximum absolute atomic E-state index is 11.5. The molecular formula is C16H11ClO4. The van der Waals surface area contributed by atoms with E-state index < -0.39 is 5.97 Å². The first kappa shape index (κ1) is 13.5. The molecule has 0 saturated heterocycles. The van der Waals surface area contributed by atoms with Crippen molar-refractivity contribution in [2.45, 2.75) is 0 Å². The zero-order chi connectivity index (χ0) is 15.0. The number of aromatic carboxylic acids is 1. The summed E-state index contributed by atoms with van der Waals surface area (Å²) in [4.78, 5) is 11.5. The molecule has 0 aliphatic carbocycles. The average Bonchev–Trinajstić information content (AvgIpc) is 2.86. The first-order chi connectivity index (χ1) is 10.1. The van der Waals surface area contributed by atoms with Crippen LogP contribution < -0.4 is 4.74 Å². The van der Waals surface area contributed by atoms with Crippen LogP contribution in [0.25, 0.3) is 22.1 Å². The molecule has 3 rings (SSSR count). The van der Waals surface area contributed by atoms with E-state index in [1.165, 1.54) is 0 Å². The van der Waals surface area contributed by atoms with Crippen molar-refractivity contribution in [2.75, 3.05) is 7.11 Å². The van der Waals surface area contributed by atoms with Crippen LogP contribution in [0, 0.1) is 0 Å². The van der Waals surface area contributed by atoms with Crippen LogP contribution in [0.2, 0.25) is 5.02 Å². The van der Waals surface area contributed by atoms with Crippen molar-refractivity contribution >= 4 is 28.5 Å². The highest BCUT2D eigenvalue weighted by Gasteiger charge is 2.23. The molecule has 1 aromatic heterocycles. The summed E-state index contributed by atoms with van der Waals surface area (Å²) in [6.07, 6.45) is 0. The summed E-state index contributed by atoms with van der Waals surface area (Å²) in [5.41, 5.74) is 1.55. The molecule has 106 valence electrons. The number of carboxylic acid groups (broad SMARTS) is 1. The summed E-state index contributed by atoms with van der Waals surface area (Å²) in [5, 5.41) is 10.5. The van der Waals surface area contributed by atoms with Crippen LogP contribution in [0.5, 0.6) is 5.75 Å². The second-order valence-electron chi connectivity index (χ2n) is 4.45. The third kappa shape index (κ3) is 2.23. The Morgan fingerprint density at radius 3 is 2.67 bits per heavy atom. The molecule has 0 unspecified atom stereocenters. The monoisotopic (exact) mass is 302 g/mol. The fourth-order valence-corrected chi connectivity index (χ4v) is 2.52. The van der Waals surface area contributed by atoms with Crippen molar-refractivity contribution in [2.24, 2.45) is 0 Å². The maximum Gasteiger partial charge on any atom is 0.372 e. The van der Waals surface area contributed by atoms with E-state index in [9.17, 15) is 9.90 Å². The Bertz CT molecular complexity index is 835. The van der Waals surface area contributed by atoms with E-state index in [-0.39, 0.29) is 5.76 Å². The molecular weight excluding hydrogens is 292 g/mol. The van der Waals surface area contributed by atoms with Crippen molar-refractivity contribution in [3.63, 3.8) is 0 Å². The van der Waals surface area contributed by atoms with Gasteiger partial charge in [-0.2, -0.15) is 0 Å². The number of benzene rings is 2. The Balaban J connectivity index is 2.40. The average molecular weight is 303 g/mol. The number of furan rings is 1.